The van der Waals surface area contributed by atoms with E-state index in [4.69, 9.17) is 4.74 Å². The molecule has 0 saturated heterocycles. The maximum absolute atomic E-state index is 11.9. The molecule has 0 spiro atoms. The van der Waals surface area contributed by atoms with Gasteiger partial charge in [0, 0.05) is 24.4 Å². The fourth-order valence-corrected chi connectivity index (χ4v) is 2.39. The quantitative estimate of drug-likeness (QED) is 0.570. The third kappa shape index (κ3) is 6.39. The van der Waals surface area contributed by atoms with Crippen molar-refractivity contribution in [2.24, 2.45) is 0 Å². The molecule has 2 rings (SSSR count). The predicted molar refractivity (Wildman–Crippen MR) is 109 cm³/mol. The molecule has 0 aliphatic carbocycles. The van der Waals surface area contributed by atoms with E-state index in [9.17, 15) is 14.4 Å². The van der Waals surface area contributed by atoms with E-state index in [2.05, 4.69) is 24.5 Å². The van der Waals surface area contributed by atoms with Crippen LogP contribution in [0.4, 0.5) is 5.69 Å². The van der Waals surface area contributed by atoms with Crippen LogP contribution in [0, 0.1) is 0 Å². The monoisotopic (exact) mass is 380 g/mol. The Balaban J connectivity index is 1.80. The molecule has 0 radical (unpaired) electrons. The molecule has 0 unspecified atom stereocenters. The number of ether oxygens (including phenoxy) is 1. The number of amides is 2. The van der Waals surface area contributed by atoms with Gasteiger partial charge in [-0.05, 0) is 47.4 Å². The molecule has 146 valence electrons. The van der Waals surface area contributed by atoms with Gasteiger partial charge in [0.1, 0.15) is 0 Å². The summed E-state index contributed by atoms with van der Waals surface area (Å²) in [5.74, 6) is -0.826. The molecule has 2 aromatic rings. The van der Waals surface area contributed by atoms with E-state index in [1.807, 2.05) is 24.3 Å². The molecule has 0 atom stereocenters. The standard InChI is InChI=1S/C22H24N2O4/c1-15(2)17-7-4-16(5-8-17)6-13-21(26)28-14-20(25)24-19-11-9-18(10-12-19)22(27)23-3/h4-13,15H,14H2,1-3H3,(H,23,27)(H,24,25)/b13-6+. The van der Waals surface area contributed by atoms with Gasteiger partial charge in [0.2, 0.25) is 0 Å². The van der Waals surface area contributed by atoms with E-state index in [0.29, 0.717) is 17.2 Å². The summed E-state index contributed by atoms with van der Waals surface area (Å²) in [6.07, 6.45) is 2.93. The van der Waals surface area contributed by atoms with E-state index in [1.54, 1.807) is 37.4 Å². The van der Waals surface area contributed by atoms with Crippen molar-refractivity contribution in [3.05, 3.63) is 71.3 Å². The van der Waals surface area contributed by atoms with Crippen LogP contribution in [0.1, 0.15) is 41.3 Å². The lowest BCUT2D eigenvalue weighted by Gasteiger charge is -2.06. The molecule has 0 aliphatic rings. The van der Waals surface area contributed by atoms with Gasteiger partial charge in [-0.3, -0.25) is 9.59 Å². The number of rotatable bonds is 7. The van der Waals surface area contributed by atoms with E-state index >= 15 is 0 Å². The molecule has 0 aromatic heterocycles. The second-order valence-electron chi connectivity index (χ2n) is 6.47. The van der Waals surface area contributed by atoms with E-state index in [-0.39, 0.29) is 5.91 Å². The zero-order chi connectivity index (χ0) is 20.5. The lowest BCUT2D eigenvalue weighted by atomic mass is 10.0. The van der Waals surface area contributed by atoms with Crippen LogP contribution in [0.3, 0.4) is 0 Å². The third-order valence-electron chi connectivity index (χ3n) is 4.02. The number of nitrogens with one attached hydrogen (secondary N) is 2. The van der Waals surface area contributed by atoms with Gasteiger partial charge in [0.15, 0.2) is 6.61 Å². The Bertz CT molecular complexity index is 853. The van der Waals surface area contributed by atoms with Crippen LogP contribution in [0.5, 0.6) is 0 Å². The molecule has 0 aliphatic heterocycles. The first-order chi connectivity index (χ1) is 13.4. The molecule has 2 N–H and O–H groups in total. The highest BCUT2D eigenvalue weighted by Gasteiger charge is 2.07. The number of anilines is 1. The lowest BCUT2D eigenvalue weighted by Crippen LogP contribution is -2.20. The van der Waals surface area contributed by atoms with Crippen molar-refractivity contribution in [1.82, 2.24) is 5.32 Å². The second-order valence-corrected chi connectivity index (χ2v) is 6.47. The number of hydrogen-bond acceptors (Lipinski definition) is 4. The van der Waals surface area contributed by atoms with Crippen molar-refractivity contribution >= 4 is 29.5 Å². The highest BCUT2D eigenvalue weighted by Crippen LogP contribution is 2.15. The first-order valence-electron chi connectivity index (χ1n) is 8.96. The van der Waals surface area contributed by atoms with Gasteiger partial charge in [0.25, 0.3) is 11.8 Å². The Hall–Kier alpha value is -3.41. The zero-order valence-electron chi connectivity index (χ0n) is 16.2. The summed E-state index contributed by atoms with van der Waals surface area (Å²) in [5.41, 5.74) is 3.09. The first kappa shape index (κ1) is 20.9. The van der Waals surface area contributed by atoms with Crippen LogP contribution in [0.15, 0.2) is 54.6 Å². The number of benzene rings is 2. The van der Waals surface area contributed by atoms with Crippen molar-refractivity contribution in [2.45, 2.75) is 19.8 Å². The number of carbonyl (C=O) groups excluding carboxylic acids is 3. The Kier molecular flexibility index (Phi) is 7.51. The third-order valence-corrected chi connectivity index (χ3v) is 4.02. The van der Waals surface area contributed by atoms with Crippen molar-refractivity contribution in [1.29, 1.82) is 0 Å². The van der Waals surface area contributed by atoms with Crippen molar-refractivity contribution in [2.75, 3.05) is 19.0 Å². The molecule has 0 bridgehead atoms. The molecule has 6 nitrogen and oxygen atoms in total. The Morgan fingerprint density at radius 1 is 1.00 bits per heavy atom. The van der Waals surface area contributed by atoms with Crippen molar-refractivity contribution in [3.63, 3.8) is 0 Å². The summed E-state index contributed by atoms with van der Waals surface area (Å²) in [4.78, 5) is 35.1. The van der Waals surface area contributed by atoms with Gasteiger partial charge in [-0.15, -0.1) is 0 Å². The smallest absolute Gasteiger partial charge is 0.331 e. The second kappa shape index (κ2) is 10.1. The van der Waals surface area contributed by atoms with Gasteiger partial charge in [-0.2, -0.15) is 0 Å². The molecule has 2 amide bonds. The van der Waals surface area contributed by atoms with Gasteiger partial charge in [0.05, 0.1) is 0 Å². The van der Waals surface area contributed by atoms with E-state index in [1.165, 1.54) is 11.6 Å². The van der Waals surface area contributed by atoms with Gasteiger partial charge in [-0.1, -0.05) is 38.1 Å². The maximum atomic E-state index is 11.9. The highest BCUT2D eigenvalue weighted by atomic mass is 16.5. The Morgan fingerprint density at radius 2 is 1.64 bits per heavy atom. The minimum atomic E-state index is -0.599. The summed E-state index contributed by atoms with van der Waals surface area (Å²) in [5, 5.41) is 5.12. The molecule has 0 heterocycles. The van der Waals surface area contributed by atoms with E-state index < -0.39 is 18.5 Å². The summed E-state index contributed by atoms with van der Waals surface area (Å²) >= 11 is 0. The fourth-order valence-electron chi connectivity index (χ4n) is 2.39. The van der Waals surface area contributed by atoms with Crippen molar-refractivity contribution < 1.29 is 19.1 Å². The van der Waals surface area contributed by atoms with Crippen LogP contribution in [-0.2, 0) is 14.3 Å². The van der Waals surface area contributed by atoms with Crippen LogP contribution in [0.25, 0.3) is 6.08 Å². The van der Waals surface area contributed by atoms with Gasteiger partial charge < -0.3 is 15.4 Å². The van der Waals surface area contributed by atoms with Gasteiger partial charge >= 0.3 is 5.97 Å². The maximum Gasteiger partial charge on any atom is 0.331 e. The minimum absolute atomic E-state index is 0.211. The van der Waals surface area contributed by atoms with Crippen LogP contribution >= 0.6 is 0 Å². The summed E-state index contributed by atoms with van der Waals surface area (Å²) in [6, 6.07) is 14.3. The number of carbonyl (C=O) groups is 3. The molecular weight excluding hydrogens is 356 g/mol. The Labute approximate surface area is 164 Å². The van der Waals surface area contributed by atoms with Crippen LogP contribution < -0.4 is 10.6 Å². The normalized spacial score (nSPS) is 10.7. The summed E-state index contributed by atoms with van der Waals surface area (Å²) < 4.78 is 4.94. The SMILES string of the molecule is CNC(=O)c1ccc(NC(=O)COC(=O)/C=C/c2ccc(C(C)C)cc2)cc1. The van der Waals surface area contributed by atoms with Crippen molar-refractivity contribution in [3.8, 4) is 0 Å². The molecule has 0 saturated carbocycles. The van der Waals surface area contributed by atoms with Crippen LogP contribution in [-0.4, -0.2) is 31.4 Å². The topological polar surface area (TPSA) is 84.5 Å². The highest BCUT2D eigenvalue weighted by molar-refractivity contribution is 5.96. The average molecular weight is 380 g/mol. The van der Waals surface area contributed by atoms with E-state index in [0.717, 1.165) is 5.56 Å². The lowest BCUT2D eigenvalue weighted by molar-refractivity contribution is -0.142. The molecule has 6 heteroatoms. The zero-order valence-corrected chi connectivity index (χ0v) is 16.2. The predicted octanol–water partition coefficient (Wildman–Crippen LogP) is 3.36. The molecule has 2 aromatic carbocycles. The molecule has 0 fully saturated rings. The minimum Gasteiger partial charge on any atom is -0.452 e. The summed E-state index contributed by atoms with van der Waals surface area (Å²) in [6.45, 7) is 3.83. The first-order valence-corrected chi connectivity index (χ1v) is 8.96. The number of hydrogen-bond donors (Lipinski definition) is 2. The average Bonchev–Trinajstić information content (AvgIpc) is 2.71. The van der Waals surface area contributed by atoms with Crippen LogP contribution in [0.2, 0.25) is 0 Å². The van der Waals surface area contributed by atoms with Gasteiger partial charge in [-0.25, -0.2) is 4.79 Å². The largest absolute Gasteiger partial charge is 0.452 e. The molecule has 28 heavy (non-hydrogen) atoms. The fraction of sp³-hybridized carbons (Fsp3) is 0.227. The number of esters is 1. The molecular formula is C22H24N2O4. The Morgan fingerprint density at radius 3 is 2.21 bits per heavy atom. The summed E-state index contributed by atoms with van der Waals surface area (Å²) in [7, 11) is 1.54.